The third kappa shape index (κ3) is 3.48. The first-order chi connectivity index (χ1) is 9.27. The number of alkyl halides is 3. The number of nitrogens with zero attached hydrogens (tertiary/aromatic N) is 1. The van der Waals surface area contributed by atoms with Crippen LogP contribution in [0.25, 0.3) is 0 Å². The molecular formula is C14H17F3N2S. The van der Waals surface area contributed by atoms with E-state index in [4.69, 9.17) is 0 Å². The van der Waals surface area contributed by atoms with Crippen molar-refractivity contribution in [1.82, 2.24) is 0 Å². The molecule has 1 aliphatic rings. The van der Waals surface area contributed by atoms with Crippen LogP contribution >= 0.6 is 11.8 Å². The van der Waals surface area contributed by atoms with E-state index < -0.39 is 11.7 Å². The molecule has 0 aliphatic carbocycles. The van der Waals surface area contributed by atoms with Crippen molar-refractivity contribution in [2.24, 2.45) is 10.9 Å². The zero-order chi connectivity index (χ0) is 14.9. The molecule has 0 aromatic heterocycles. The van der Waals surface area contributed by atoms with Gasteiger partial charge in [-0.3, -0.25) is 4.99 Å². The molecule has 1 unspecified atom stereocenters. The summed E-state index contributed by atoms with van der Waals surface area (Å²) in [5, 5.41) is 4.11. The molecule has 20 heavy (non-hydrogen) atoms. The van der Waals surface area contributed by atoms with Crippen molar-refractivity contribution in [3.63, 3.8) is 0 Å². The summed E-state index contributed by atoms with van der Waals surface area (Å²) >= 11 is 1.59. The van der Waals surface area contributed by atoms with Crippen molar-refractivity contribution >= 4 is 22.6 Å². The van der Waals surface area contributed by atoms with Crippen LogP contribution in [0.4, 0.5) is 18.9 Å². The van der Waals surface area contributed by atoms with E-state index in [9.17, 15) is 13.2 Å². The van der Waals surface area contributed by atoms with Crippen LogP contribution in [-0.2, 0) is 6.18 Å². The number of hydrogen-bond donors (Lipinski definition) is 1. The molecule has 2 rings (SSSR count). The smallest absolute Gasteiger partial charge is 0.335 e. The fourth-order valence-electron chi connectivity index (χ4n) is 1.85. The Kier molecular flexibility index (Phi) is 4.32. The number of benzene rings is 1. The van der Waals surface area contributed by atoms with E-state index in [0.717, 1.165) is 17.7 Å². The van der Waals surface area contributed by atoms with Crippen LogP contribution in [0.15, 0.2) is 23.2 Å². The van der Waals surface area contributed by atoms with Gasteiger partial charge < -0.3 is 5.32 Å². The van der Waals surface area contributed by atoms with E-state index in [1.54, 1.807) is 18.7 Å². The Morgan fingerprint density at radius 1 is 1.35 bits per heavy atom. The summed E-state index contributed by atoms with van der Waals surface area (Å²) in [6.45, 7) is 6.72. The minimum absolute atomic E-state index is 0.392. The van der Waals surface area contributed by atoms with Crippen molar-refractivity contribution in [2.45, 2.75) is 32.2 Å². The first-order valence-electron chi connectivity index (χ1n) is 6.43. The van der Waals surface area contributed by atoms with Crippen LogP contribution in [0.5, 0.6) is 0 Å². The topological polar surface area (TPSA) is 24.4 Å². The molecule has 1 aromatic rings. The molecule has 0 saturated heterocycles. The molecule has 1 aliphatic heterocycles. The normalized spacial score (nSPS) is 19.4. The van der Waals surface area contributed by atoms with Crippen LogP contribution in [-0.4, -0.2) is 17.0 Å². The Morgan fingerprint density at radius 3 is 2.60 bits per heavy atom. The number of nitrogens with one attached hydrogen (secondary N) is 1. The van der Waals surface area contributed by atoms with Gasteiger partial charge in [-0.1, -0.05) is 31.7 Å². The molecule has 1 N–H and O–H groups in total. The molecule has 0 bridgehead atoms. The molecule has 0 spiro atoms. The first kappa shape index (κ1) is 15.2. The number of aliphatic imine (C=N–C) groups is 1. The molecule has 0 saturated carbocycles. The molecular weight excluding hydrogens is 285 g/mol. The lowest BCUT2D eigenvalue weighted by Gasteiger charge is -2.14. The zero-order valence-electron chi connectivity index (χ0n) is 11.6. The van der Waals surface area contributed by atoms with Gasteiger partial charge in [0.25, 0.3) is 0 Å². The van der Waals surface area contributed by atoms with Gasteiger partial charge in [0, 0.05) is 10.9 Å². The van der Waals surface area contributed by atoms with Crippen LogP contribution in [0.3, 0.4) is 0 Å². The Labute approximate surface area is 120 Å². The molecule has 1 heterocycles. The Hall–Kier alpha value is -1.17. The standard InChI is InChI=1S/C14H17F3N2S/c1-8(2)12-7-18-13(20-12)19-11-6-10(14(15,16)17)5-4-9(11)3/h4-6,8,12H,7H2,1-3H3,(H,18,19). The lowest BCUT2D eigenvalue weighted by atomic mass is 10.1. The van der Waals surface area contributed by atoms with Gasteiger partial charge in [0.1, 0.15) is 0 Å². The van der Waals surface area contributed by atoms with Gasteiger partial charge in [-0.05, 0) is 30.5 Å². The average Bonchev–Trinajstić information content (AvgIpc) is 2.79. The Bertz CT molecular complexity index is 524. The predicted molar refractivity (Wildman–Crippen MR) is 78.3 cm³/mol. The number of aryl methyl sites for hydroxylation is 1. The zero-order valence-corrected chi connectivity index (χ0v) is 12.4. The van der Waals surface area contributed by atoms with E-state index in [-0.39, 0.29) is 0 Å². The highest BCUT2D eigenvalue weighted by atomic mass is 32.2. The fourth-order valence-corrected chi connectivity index (χ4v) is 2.88. The van der Waals surface area contributed by atoms with Crippen LogP contribution in [0.2, 0.25) is 0 Å². The minimum atomic E-state index is -4.32. The van der Waals surface area contributed by atoms with Gasteiger partial charge in [-0.25, -0.2) is 0 Å². The van der Waals surface area contributed by atoms with Crippen LogP contribution in [0, 0.1) is 12.8 Å². The fraction of sp³-hybridized carbons (Fsp3) is 0.500. The van der Waals surface area contributed by atoms with Gasteiger partial charge in [0.2, 0.25) is 0 Å². The van der Waals surface area contributed by atoms with E-state index in [2.05, 4.69) is 24.2 Å². The minimum Gasteiger partial charge on any atom is -0.335 e. The largest absolute Gasteiger partial charge is 0.416 e. The molecule has 2 nitrogen and oxygen atoms in total. The predicted octanol–water partition coefficient (Wildman–Crippen LogP) is 4.55. The highest BCUT2D eigenvalue weighted by Crippen LogP contribution is 2.33. The maximum Gasteiger partial charge on any atom is 0.416 e. The molecule has 110 valence electrons. The molecule has 6 heteroatoms. The van der Waals surface area contributed by atoms with Crippen molar-refractivity contribution < 1.29 is 13.2 Å². The number of hydrogen-bond acceptors (Lipinski definition) is 3. The van der Waals surface area contributed by atoms with Gasteiger partial charge in [0.15, 0.2) is 5.17 Å². The molecule has 1 aromatic carbocycles. The third-order valence-corrected chi connectivity index (χ3v) is 4.68. The Balaban J connectivity index is 2.14. The molecule has 1 atom stereocenters. The van der Waals surface area contributed by atoms with Crippen molar-refractivity contribution in [1.29, 1.82) is 0 Å². The number of anilines is 1. The second kappa shape index (κ2) is 5.68. The quantitative estimate of drug-likeness (QED) is 0.866. The highest BCUT2D eigenvalue weighted by molar-refractivity contribution is 8.15. The maximum absolute atomic E-state index is 12.7. The second-order valence-electron chi connectivity index (χ2n) is 5.20. The van der Waals surface area contributed by atoms with Crippen molar-refractivity contribution in [3.05, 3.63) is 29.3 Å². The number of rotatable bonds is 2. The molecule has 0 fully saturated rings. The van der Waals surface area contributed by atoms with E-state index in [0.29, 0.717) is 28.6 Å². The highest BCUT2D eigenvalue weighted by Gasteiger charge is 2.31. The lowest BCUT2D eigenvalue weighted by molar-refractivity contribution is -0.137. The van der Waals surface area contributed by atoms with Gasteiger partial charge >= 0.3 is 6.18 Å². The summed E-state index contributed by atoms with van der Waals surface area (Å²) in [4.78, 5) is 4.35. The SMILES string of the molecule is Cc1ccc(C(F)(F)F)cc1NC1=NCC(C(C)C)S1. The van der Waals surface area contributed by atoms with E-state index in [1.165, 1.54) is 6.07 Å². The summed E-state index contributed by atoms with van der Waals surface area (Å²) in [7, 11) is 0. The molecule has 0 radical (unpaired) electrons. The van der Waals surface area contributed by atoms with E-state index in [1.807, 2.05) is 0 Å². The second-order valence-corrected chi connectivity index (χ2v) is 6.43. The number of amidine groups is 1. The van der Waals surface area contributed by atoms with Gasteiger partial charge in [-0.15, -0.1) is 0 Å². The van der Waals surface area contributed by atoms with Crippen molar-refractivity contribution in [2.75, 3.05) is 11.9 Å². The van der Waals surface area contributed by atoms with Crippen LogP contribution in [0.1, 0.15) is 25.0 Å². The monoisotopic (exact) mass is 302 g/mol. The number of thioether (sulfide) groups is 1. The number of halogens is 3. The van der Waals surface area contributed by atoms with Gasteiger partial charge in [0.05, 0.1) is 12.1 Å². The van der Waals surface area contributed by atoms with Crippen molar-refractivity contribution in [3.8, 4) is 0 Å². The summed E-state index contributed by atoms with van der Waals surface area (Å²) in [6, 6.07) is 3.72. The van der Waals surface area contributed by atoms with E-state index >= 15 is 0 Å². The summed E-state index contributed by atoms with van der Waals surface area (Å²) in [5.41, 5.74) is 0.597. The van der Waals surface area contributed by atoms with Gasteiger partial charge in [-0.2, -0.15) is 13.2 Å². The summed E-state index contributed by atoms with van der Waals surface area (Å²) in [6.07, 6.45) is -4.32. The van der Waals surface area contributed by atoms with Crippen LogP contribution < -0.4 is 5.32 Å². The summed E-state index contributed by atoms with van der Waals surface area (Å²) in [5.74, 6) is 0.491. The average molecular weight is 302 g/mol. The first-order valence-corrected chi connectivity index (χ1v) is 7.31. The third-order valence-electron chi connectivity index (χ3n) is 3.23. The Morgan fingerprint density at radius 2 is 2.05 bits per heavy atom. The summed E-state index contributed by atoms with van der Waals surface area (Å²) < 4.78 is 38.2. The molecule has 0 amide bonds. The maximum atomic E-state index is 12.7. The lowest BCUT2D eigenvalue weighted by Crippen LogP contribution is -2.14.